The minimum absolute atomic E-state index is 0.285. The third-order valence-corrected chi connectivity index (χ3v) is 1.42. The molecule has 74 valence electrons. The van der Waals surface area contributed by atoms with Crippen LogP contribution in [0.25, 0.3) is 0 Å². The van der Waals surface area contributed by atoms with Gasteiger partial charge in [0.25, 0.3) is 0 Å². The van der Waals surface area contributed by atoms with Crippen molar-refractivity contribution in [2.24, 2.45) is 0 Å². The van der Waals surface area contributed by atoms with Gasteiger partial charge < -0.3 is 16.0 Å². The second-order valence-corrected chi connectivity index (χ2v) is 4.31. The molecule has 4 heteroatoms. The van der Waals surface area contributed by atoms with Crippen molar-refractivity contribution in [1.29, 1.82) is 5.41 Å². The van der Waals surface area contributed by atoms with Crippen LogP contribution in [-0.2, 0) is 0 Å². The van der Waals surface area contributed by atoms with E-state index in [9.17, 15) is 0 Å². The molecule has 0 aliphatic carbocycles. The zero-order valence-electron chi connectivity index (χ0n) is 9.07. The van der Waals surface area contributed by atoms with Crippen LogP contribution in [0.4, 0.5) is 0 Å². The van der Waals surface area contributed by atoms with Gasteiger partial charge in [0.1, 0.15) is 0 Å². The van der Waals surface area contributed by atoms with Crippen LogP contribution in [-0.4, -0.2) is 26.7 Å². The number of rotatable bonds is 5. The van der Waals surface area contributed by atoms with Crippen LogP contribution in [0.1, 0.15) is 20.8 Å². The Hall–Kier alpha value is -0.765. The lowest BCUT2D eigenvalue weighted by Crippen LogP contribution is -2.31. The van der Waals surface area contributed by atoms with Gasteiger partial charge in [-0.1, -0.05) is 20.8 Å². The summed E-state index contributed by atoms with van der Waals surface area (Å²) in [5.41, 5.74) is 0.596. The summed E-state index contributed by atoms with van der Waals surface area (Å²) in [4.78, 5) is 0. The summed E-state index contributed by atoms with van der Waals surface area (Å²) >= 11 is 0. The SMILES string of the molecule is CN/C=C\C(=N)CNBC(C)(C)C. The predicted molar refractivity (Wildman–Crippen MR) is 60.8 cm³/mol. The molecule has 0 rings (SSSR count). The van der Waals surface area contributed by atoms with E-state index in [-0.39, 0.29) is 5.31 Å². The molecule has 3 N–H and O–H groups in total. The predicted octanol–water partition coefficient (Wildman–Crippen LogP) is 0.899. The molecular weight excluding hydrogens is 161 g/mol. The van der Waals surface area contributed by atoms with Gasteiger partial charge in [-0.05, 0) is 17.6 Å². The average molecular weight is 181 g/mol. The summed E-state index contributed by atoms with van der Waals surface area (Å²) < 4.78 is 0. The van der Waals surface area contributed by atoms with Crippen LogP contribution < -0.4 is 10.5 Å². The maximum atomic E-state index is 7.51. The van der Waals surface area contributed by atoms with Crippen molar-refractivity contribution in [1.82, 2.24) is 10.5 Å². The van der Waals surface area contributed by atoms with Crippen molar-refractivity contribution in [2.75, 3.05) is 13.6 Å². The minimum Gasteiger partial charge on any atom is -0.394 e. The first kappa shape index (κ1) is 12.2. The Labute approximate surface area is 81.8 Å². The average Bonchev–Trinajstić information content (AvgIpc) is 1.98. The molecule has 0 fully saturated rings. The molecule has 0 amide bonds. The van der Waals surface area contributed by atoms with Crippen molar-refractivity contribution >= 4 is 13.1 Å². The third kappa shape index (κ3) is 9.15. The van der Waals surface area contributed by atoms with Gasteiger partial charge >= 0.3 is 0 Å². The molecule has 0 saturated heterocycles. The van der Waals surface area contributed by atoms with Gasteiger partial charge in [-0.2, -0.15) is 0 Å². The van der Waals surface area contributed by atoms with E-state index in [1.165, 1.54) is 0 Å². The monoisotopic (exact) mass is 181 g/mol. The molecule has 0 unspecified atom stereocenters. The molecule has 0 aliphatic heterocycles. The fourth-order valence-electron chi connectivity index (χ4n) is 0.815. The van der Waals surface area contributed by atoms with Crippen LogP contribution in [0.3, 0.4) is 0 Å². The molecule has 0 saturated carbocycles. The van der Waals surface area contributed by atoms with E-state index in [0.717, 1.165) is 7.41 Å². The van der Waals surface area contributed by atoms with Crippen LogP contribution in [0, 0.1) is 5.41 Å². The molecule has 13 heavy (non-hydrogen) atoms. The lowest BCUT2D eigenvalue weighted by molar-refractivity contribution is 0.737. The summed E-state index contributed by atoms with van der Waals surface area (Å²) in [6.45, 7) is 7.16. The van der Waals surface area contributed by atoms with E-state index < -0.39 is 0 Å². The molecule has 0 aromatic heterocycles. The first-order chi connectivity index (χ1) is 5.95. The highest BCUT2D eigenvalue weighted by atomic mass is 14.8. The van der Waals surface area contributed by atoms with Gasteiger partial charge in [-0.15, -0.1) is 0 Å². The lowest BCUT2D eigenvalue weighted by atomic mass is 9.64. The van der Waals surface area contributed by atoms with E-state index >= 15 is 0 Å². The molecule has 0 heterocycles. The Morgan fingerprint density at radius 3 is 2.54 bits per heavy atom. The van der Waals surface area contributed by atoms with Gasteiger partial charge in [-0.25, -0.2) is 0 Å². The fraction of sp³-hybridized carbons (Fsp3) is 0.667. The Balaban J connectivity index is 3.54. The second kappa shape index (κ2) is 5.81. The molecule has 3 nitrogen and oxygen atoms in total. The first-order valence-corrected chi connectivity index (χ1v) is 4.57. The van der Waals surface area contributed by atoms with Crippen LogP contribution in [0.15, 0.2) is 12.3 Å². The zero-order chi connectivity index (χ0) is 10.3. The Morgan fingerprint density at radius 1 is 1.46 bits per heavy atom. The quantitative estimate of drug-likeness (QED) is 0.436. The molecule has 0 aliphatic rings. The number of hydrogen-bond acceptors (Lipinski definition) is 3. The summed E-state index contributed by atoms with van der Waals surface area (Å²) in [5, 5.41) is 13.9. The van der Waals surface area contributed by atoms with E-state index in [1.807, 2.05) is 7.05 Å². The Morgan fingerprint density at radius 2 is 2.08 bits per heavy atom. The highest BCUT2D eigenvalue weighted by Crippen LogP contribution is 2.17. The van der Waals surface area contributed by atoms with Crippen molar-refractivity contribution in [3.05, 3.63) is 12.3 Å². The van der Waals surface area contributed by atoms with Crippen molar-refractivity contribution in [2.45, 2.75) is 26.1 Å². The van der Waals surface area contributed by atoms with E-state index in [0.29, 0.717) is 12.3 Å². The van der Waals surface area contributed by atoms with E-state index in [4.69, 9.17) is 5.41 Å². The Bertz CT molecular complexity index is 182. The maximum Gasteiger partial charge on any atom is 0.207 e. The highest BCUT2D eigenvalue weighted by Gasteiger charge is 2.11. The molecule has 0 aromatic rings. The number of nitrogens with one attached hydrogen (secondary N) is 3. The smallest absolute Gasteiger partial charge is 0.207 e. The lowest BCUT2D eigenvalue weighted by Gasteiger charge is -2.16. The van der Waals surface area contributed by atoms with Crippen LogP contribution >= 0.6 is 0 Å². The molecule has 0 atom stereocenters. The Kier molecular flexibility index (Phi) is 5.47. The summed E-state index contributed by atoms with van der Waals surface area (Å²) in [6, 6.07) is 0. The molecule has 0 aromatic carbocycles. The summed E-state index contributed by atoms with van der Waals surface area (Å²) in [7, 11) is 2.76. The van der Waals surface area contributed by atoms with E-state index in [2.05, 4.69) is 31.3 Å². The second-order valence-electron chi connectivity index (χ2n) is 4.31. The normalized spacial score (nSPS) is 11.7. The summed E-state index contributed by atoms with van der Waals surface area (Å²) in [6.07, 6.45) is 3.52. The van der Waals surface area contributed by atoms with Crippen molar-refractivity contribution in [3.8, 4) is 0 Å². The van der Waals surface area contributed by atoms with Gasteiger partial charge in [0, 0.05) is 19.3 Å². The minimum atomic E-state index is 0.285. The molecule has 0 bridgehead atoms. The molecule has 0 spiro atoms. The van der Waals surface area contributed by atoms with Gasteiger partial charge in [0.15, 0.2) is 0 Å². The van der Waals surface area contributed by atoms with Gasteiger partial charge in [-0.3, -0.25) is 0 Å². The topological polar surface area (TPSA) is 47.9 Å². The van der Waals surface area contributed by atoms with Crippen molar-refractivity contribution in [3.63, 3.8) is 0 Å². The standard InChI is InChI=1S/C9H20BN3/c1-9(2,3)10-13-7-8(11)5-6-12-4/h5-6,10-13H,7H2,1-4H3/b6-5-,11-8?. The fourth-order valence-corrected chi connectivity index (χ4v) is 0.815. The molecular formula is C9H20BN3. The highest BCUT2D eigenvalue weighted by molar-refractivity contribution is 6.37. The third-order valence-electron chi connectivity index (χ3n) is 1.42. The van der Waals surface area contributed by atoms with Crippen molar-refractivity contribution < 1.29 is 0 Å². The maximum absolute atomic E-state index is 7.51. The largest absolute Gasteiger partial charge is 0.394 e. The zero-order valence-corrected chi connectivity index (χ0v) is 9.07. The first-order valence-electron chi connectivity index (χ1n) is 4.57. The summed E-state index contributed by atoms with van der Waals surface area (Å²) in [5.74, 6) is 0. The molecule has 0 radical (unpaired) electrons. The van der Waals surface area contributed by atoms with E-state index in [1.54, 1.807) is 12.3 Å². The van der Waals surface area contributed by atoms with Gasteiger partial charge in [0.2, 0.25) is 7.41 Å². The van der Waals surface area contributed by atoms with Crippen LogP contribution in [0.2, 0.25) is 5.31 Å². The van der Waals surface area contributed by atoms with Gasteiger partial charge in [0.05, 0.1) is 0 Å². The number of hydrogen-bond donors (Lipinski definition) is 3. The van der Waals surface area contributed by atoms with Crippen LogP contribution in [0.5, 0.6) is 0 Å².